The second-order valence-electron chi connectivity index (χ2n) is 10.1. The Morgan fingerprint density at radius 2 is 1.87 bits per heavy atom. The minimum absolute atomic E-state index is 0.0466. The Bertz CT molecular complexity index is 1140. The largest absolute Gasteiger partial charge is 0.383 e. The van der Waals surface area contributed by atoms with Gasteiger partial charge in [-0.2, -0.15) is 0 Å². The van der Waals surface area contributed by atoms with Gasteiger partial charge in [-0.25, -0.2) is 0 Å². The average molecular weight is 546 g/mol. The third kappa shape index (κ3) is 7.65. The SMILES string of the molecule is CC(C)C[C@@H]1NC(=O)CCNC(=O)c2cc(ccc2[N+](=O)[O-])NCCN(CC(N)=O)C(=O)[C@@H]2CCCN2C1=O. The van der Waals surface area contributed by atoms with Crippen LogP contribution in [0.3, 0.4) is 0 Å². The van der Waals surface area contributed by atoms with Crippen molar-refractivity contribution >= 4 is 40.9 Å². The van der Waals surface area contributed by atoms with E-state index in [2.05, 4.69) is 16.0 Å². The molecule has 0 spiro atoms. The zero-order valence-corrected chi connectivity index (χ0v) is 22.1. The molecule has 0 saturated carbocycles. The molecule has 2 atom stereocenters. The fourth-order valence-corrected chi connectivity index (χ4v) is 4.82. The number of nitro groups is 1. The summed E-state index contributed by atoms with van der Waals surface area (Å²) in [5.41, 5.74) is 5.16. The fourth-order valence-electron chi connectivity index (χ4n) is 4.82. The van der Waals surface area contributed by atoms with E-state index in [9.17, 15) is 34.1 Å². The second kappa shape index (κ2) is 13.0. The molecule has 0 unspecified atom stereocenters. The van der Waals surface area contributed by atoms with Crippen LogP contribution in [0, 0.1) is 16.0 Å². The van der Waals surface area contributed by atoms with E-state index < -0.39 is 46.3 Å². The van der Waals surface area contributed by atoms with E-state index in [1.54, 1.807) is 0 Å². The lowest BCUT2D eigenvalue weighted by atomic mass is 10.0. The van der Waals surface area contributed by atoms with Crippen LogP contribution in [0.1, 0.15) is 49.9 Å². The number of nitrogens with one attached hydrogen (secondary N) is 3. The van der Waals surface area contributed by atoms with Crippen molar-refractivity contribution in [1.29, 1.82) is 0 Å². The summed E-state index contributed by atoms with van der Waals surface area (Å²) >= 11 is 0. The third-order valence-electron chi connectivity index (χ3n) is 6.61. The molecule has 2 heterocycles. The highest BCUT2D eigenvalue weighted by molar-refractivity contribution is 5.99. The molecule has 39 heavy (non-hydrogen) atoms. The molecule has 14 nitrogen and oxygen atoms in total. The Morgan fingerprint density at radius 1 is 1.13 bits per heavy atom. The van der Waals surface area contributed by atoms with Crippen molar-refractivity contribution in [3.05, 3.63) is 33.9 Å². The average Bonchev–Trinajstić information content (AvgIpc) is 3.35. The van der Waals surface area contributed by atoms with Crippen LogP contribution in [0.2, 0.25) is 0 Å². The van der Waals surface area contributed by atoms with Crippen LogP contribution in [-0.4, -0.2) is 89.1 Å². The first-order chi connectivity index (χ1) is 18.5. The Balaban J connectivity index is 1.95. The first kappa shape index (κ1) is 29.3. The zero-order valence-electron chi connectivity index (χ0n) is 22.1. The molecule has 2 bridgehead atoms. The minimum atomic E-state index is -0.885. The molecule has 3 rings (SSSR count). The van der Waals surface area contributed by atoms with Crippen molar-refractivity contribution in [2.24, 2.45) is 11.7 Å². The van der Waals surface area contributed by atoms with Crippen molar-refractivity contribution in [2.75, 3.05) is 38.0 Å². The third-order valence-corrected chi connectivity index (χ3v) is 6.61. The van der Waals surface area contributed by atoms with E-state index in [0.29, 0.717) is 31.5 Å². The molecule has 0 aliphatic carbocycles. The van der Waals surface area contributed by atoms with Crippen LogP contribution in [0.5, 0.6) is 0 Å². The van der Waals surface area contributed by atoms with Gasteiger partial charge < -0.3 is 31.5 Å². The molecular formula is C25H35N7O7. The van der Waals surface area contributed by atoms with Crippen molar-refractivity contribution in [1.82, 2.24) is 20.4 Å². The highest BCUT2D eigenvalue weighted by Crippen LogP contribution is 2.24. The lowest BCUT2D eigenvalue weighted by molar-refractivity contribution is -0.385. The van der Waals surface area contributed by atoms with Crippen LogP contribution in [-0.2, 0) is 19.2 Å². The van der Waals surface area contributed by atoms with Gasteiger partial charge in [0.2, 0.25) is 23.6 Å². The first-order valence-electron chi connectivity index (χ1n) is 12.9. The number of hydrogen-bond acceptors (Lipinski definition) is 8. The number of carbonyl (C=O) groups excluding carboxylic acids is 5. The highest BCUT2D eigenvalue weighted by Gasteiger charge is 2.39. The predicted octanol–water partition coefficient (Wildman–Crippen LogP) is -0.0240. The fraction of sp³-hybridized carbons (Fsp3) is 0.560. The van der Waals surface area contributed by atoms with Crippen LogP contribution in [0.4, 0.5) is 11.4 Å². The number of anilines is 1. The van der Waals surface area contributed by atoms with Gasteiger partial charge in [0.05, 0.1) is 11.5 Å². The van der Waals surface area contributed by atoms with Crippen molar-refractivity contribution in [2.45, 2.75) is 51.6 Å². The minimum Gasteiger partial charge on any atom is -0.383 e. The number of nitro benzene ring substituents is 1. The molecule has 1 aromatic rings. The number of carbonyl (C=O) groups is 5. The zero-order chi connectivity index (χ0) is 28.7. The molecular weight excluding hydrogens is 510 g/mol. The predicted molar refractivity (Wildman–Crippen MR) is 140 cm³/mol. The smallest absolute Gasteiger partial charge is 0.282 e. The van der Waals surface area contributed by atoms with E-state index >= 15 is 0 Å². The van der Waals surface area contributed by atoms with E-state index in [0.717, 1.165) is 0 Å². The number of primary amides is 1. The normalized spacial score (nSPS) is 21.4. The number of nitrogens with two attached hydrogens (primary N) is 1. The lowest BCUT2D eigenvalue weighted by Gasteiger charge is -2.32. The van der Waals surface area contributed by atoms with Crippen molar-refractivity contribution < 1.29 is 28.9 Å². The summed E-state index contributed by atoms with van der Waals surface area (Å²) in [6.45, 7) is 3.87. The quantitative estimate of drug-likeness (QED) is 0.292. The number of benzene rings is 1. The maximum absolute atomic E-state index is 13.5. The summed E-state index contributed by atoms with van der Waals surface area (Å²) in [4.78, 5) is 77.8. The van der Waals surface area contributed by atoms with E-state index in [4.69, 9.17) is 5.73 Å². The van der Waals surface area contributed by atoms with Gasteiger partial charge in [-0.05, 0) is 37.3 Å². The number of rotatable bonds is 5. The number of nitrogens with zero attached hydrogens (tertiary/aromatic N) is 3. The number of fused-ring (bicyclic) bond motifs is 3. The summed E-state index contributed by atoms with van der Waals surface area (Å²) in [6.07, 6.45) is 1.18. The van der Waals surface area contributed by atoms with Crippen LogP contribution in [0.25, 0.3) is 0 Å². The van der Waals surface area contributed by atoms with Gasteiger partial charge >= 0.3 is 0 Å². The van der Waals surface area contributed by atoms with Crippen LogP contribution in [0.15, 0.2) is 18.2 Å². The van der Waals surface area contributed by atoms with Gasteiger partial charge in [0.25, 0.3) is 11.6 Å². The molecule has 1 fully saturated rings. The van der Waals surface area contributed by atoms with E-state index in [-0.39, 0.29) is 50.0 Å². The second-order valence-corrected chi connectivity index (χ2v) is 10.1. The van der Waals surface area contributed by atoms with Gasteiger partial charge in [-0.3, -0.25) is 34.1 Å². The Kier molecular flexibility index (Phi) is 9.79. The van der Waals surface area contributed by atoms with Gasteiger partial charge in [0.15, 0.2) is 0 Å². The molecule has 14 heteroatoms. The summed E-state index contributed by atoms with van der Waals surface area (Å²) < 4.78 is 0. The lowest BCUT2D eigenvalue weighted by Crippen LogP contribution is -2.55. The van der Waals surface area contributed by atoms with E-state index in [1.807, 2.05) is 13.8 Å². The number of hydrogen-bond donors (Lipinski definition) is 4. The number of amides is 5. The topological polar surface area (TPSA) is 197 Å². The monoisotopic (exact) mass is 545 g/mol. The van der Waals surface area contributed by atoms with Crippen molar-refractivity contribution in [3.8, 4) is 0 Å². The molecule has 5 amide bonds. The summed E-state index contributed by atoms with van der Waals surface area (Å²) in [5.74, 6) is -2.71. The summed E-state index contributed by atoms with van der Waals surface area (Å²) in [5, 5.41) is 19.8. The molecule has 0 aromatic heterocycles. The van der Waals surface area contributed by atoms with Gasteiger partial charge in [0.1, 0.15) is 17.6 Å². The Morgan fingerprint density at radius 3 is 2.54 bits per heavy atom. The molecule has 212 valence electrons. The highest BCUT2D eigenvalue weighted by atomic mass is 16.6. The molecule has 5 N–H and O–H groups in total. The van der Waals surface area contributed by atoms with Crippen molar-refractivity contribution in [3.63, 3.8) is 0 Å². The van der Waals surface area contributed by atoms with Gasteiger partial charge in [0, 0.05) is 44.4 Å². The standard InChI is InChI=1S/C25H35N7O7/c1-15(2)12-18-24(36)31-10-3-4-20(31)25(37)30(14-21(26)33)11-9-27-16-5-6-19(32(38)39)17(13-16)23(35)28-8-7-22(34)29-18/h5-6,13,15,18,20,27H,3-4,7-12,14H2,1-2H3,(H2,26,33)(H,28,35)(H,29,34)/t18-,20-/m0/s1. The first-order valence-corrected chi connectivity index (χ1v) is 12.9. The van der Waals surface area contributed by atoms with E-state index in [1.165, 1.54) is 28.0 Å². The molecule has 1 aromatic carbocycles. The Hall–Kier alpha value is -4.23. The van der Waals surface area contributed by atoms with Gasteiger partial charge in [-0.1, -0.05) is 13.8 Å². The Labute approximate surface area is 225 Å². The molecule has 2 aliphatic rings. The molecule has 2 aliphatic heterocycles. The van der Waals surface area contributed by atoms with Crippen LogP contribution >= 0.6 is 0 Å². The van der Waals surface area contributed by atoms with Gasteiger partial charge in [-0.15, -0.1) is 0 Å². The maximum atomic E-state index is 13.5. The summed E-state index contributed by atoms with van der Waals surface area (Å²) in [6, 6.07) is 2.24. The van der Waals surface area contributed by atoms with Crippen LogP contribution < -0.4 is 21.7 Å². The summed E-state index contributed by atoms with van der Waals surface area (Å²) in [7, 11) is 0. The molecule has 1 saturated heterocycles. The molecule has 0 radical (unpaired) electrons. The maximum Gasteiger partial charge on any atom is 0.282 e.